The van der Waals surface area contributed by atoms with Gasteiger partial charge in [-0.25, -0.2) is 0 Å². The molecule has 1 amide bonds. The second-order valence-electron chi connectivity index (χ2n) is 5.25. The Hall–Kier alpha value is -0.320. The first-order valence-electron chi connectivity index (χ1n) is 6.41. The zero-order valence-electron chi connectivity index (χ0n) is 10.7. The van der Waals surface area contributed by atoms with Crippen molar-refractivity contribution in [2.45, 2.75) is 26.3 Å². The molecule has 0 aliphatic carbocycles. The third kappa shape index (κ3) is 3.83. The number of nitrogens with one attached hydrogen (secondary N) is 2. The molecule has 0 radical (unpaired) electrons. The molecular weight excluding hydrogens is 238 g/mol. The van der Waals surface area contributed by atoms with Crippen molar-refractivity contribution in [3.63, 3.8) is 0 Å². The van der Waals surface area contributed by atoms with Crippen molar-refractivity contribution < 1.29 is 4.79 Å². The summed E-state index contributed by atoms with van der Waals surface area (Å²) in [5.74, 6) is 1.73. The SMILES string of the molecule is CCC(C)NC(=O)CN1C[C@H]2CNC[C@H]2C1.Cl. The number of halogens is 1. The molecule has 2 aliphatic rings. The van der Waals surface area contributed by atoms with Crippen LogP contribution in [0.5, 0.6) is 0 Å². The van der Waals surface area contributed by atoms with Gasteiger partial charge in [-0.05, 0) is 38.3 Å². The summed E-state index contributed by atoms with van der Waals surface area (Å²) >= 11 is 0. The first-order valence-corrected chi connectivity index (χ1v) is 6.41. The van der Waals surface area contributed by atoms with Crippen LogP contribution in [-0.4, -0.2) is 49.6 Å². The molecule has 5 heteroatoms. The Morgan fingerprint density at radius 2 is 2.00 bits per heavy atom. The van der Waals surface area contributed by atoms with Crippen molar-refractivity contribution >= 4 is 18.3 Å². The highest BCUT2D eigenvalue weighted by Gasteiger charge is 2.36. The Kier molecular flexibility index (Phi) is 5.70. The fourth-order valence-electron chi connectivity index (χ4n) is 2.71. The second kappa shape index (κ2) is 6.57. The third-order valence-corrected chi connectivity index (χ3v) is 3.85. The molecule has 2 fully saturated rings. The quantitative estimate of drug-likeness (QED) is 0.774. The molecule has 0 aromatic rings. The van der Waals surface area contributed by atoms with Crippen LogP contribution >= 0.6 is 12.4 Å². The fourth-order valence-corrected chi connectivity index (χ4v) is 2.71. The molecule has 3 atom stereocenters. The fraction of sp³-hybridized carbons (Fsp3) is 0.917. The molecule has 100 valence electrons. The number of hydrogen-bond acceptors (Lipinski definition) is 3. The Labute approximate surface area is 110 Å². The topological polar surface area (TPSA) is 44.4 Å². The van der Waals surface area contributed by atoms with E-state index in [4.69, 9.17) is 0 Å². The van der Waals surface area contributed by atoms with E-state index in [1.54, 1.807) is 0 Å². The number of fused-ring (bicyclic) bond motifs is 1. The van der Waals surface area contributed by atoms with Crippen LogP contribution in [0.4, 0.5) is 0 Å². The zero-order chi connectivity index (χ0) is 11.5. The van der Waals surface area contributed by atoms with Crippen LogP contribution in [0, 0.1) is 11.8 Å². The average Bonchev–Trinajstić information content (AvgIpc) is 2.77. The van der Waals surface area contributed by atoms with Gasteiger partial charge in [0.1, 0.15) is 0 Å². The minimum atomic E-state index is 0. The predicted molar refractivity (Wildman–Crippen MR) is 71.4 cm³/mol. The lowest BCUT2D eigenvalue weighted by Gasteiger charge is -2.18. The highest BCUT2D eigenvalue weighted by atomic mass is 35.5. The highest BCUT2D eigenvalue weighted by Crippen LogP contribution is 2.25. The lowest BCUT2D eigenvalue weighted by molar-refractivity contribution is -0.122. The first kappa shape index (κ1) is 14.7. The van der Waals surface area contributed by atoms with E-state index >= 15 is 0 Å². The van der Waals surface area contributed by atoms with Crippen LogP contribution < -0.4 is 10.6 Å². The summed E-state index contributed by atoms with van der Waals surface area (Å²) in [6.07, 6.45) is 1.00. The van der Waals surface area contributed by atoms with Gasteiger partial charge in [-0.1, -0.05) is 6.92 Å². The van der Waals surface area contributed by atoms with Crippen LogP contribution in [-0.2, 0) is 4.79 Å². The van der Waals surface area contributed by atoms with E-state index < -0.39 is 0 Å². The van der Waals surface area contributed by atoms with E-state index in [0.717, 1.165) is 44.4 Å². The average molecular weight is 262 g/mol. The van der Waals surface area contributed by atoms with Gasteiger partial charge in [0.05, 0.1) is 6.54 Å². The molecule has 2 aliphatic heterocycles. The van der Waals surface area contributed by atoms with E-state index in [0.29, 0.717) is 12.6 Å². The Bertz CT molecular complexity index is 250. The molecule has 2 N–H and O–H groups in total. The number of likely N-dealkylation sites (tertiary alicyclic amines) is 1. The lowest BCUT2D eigenvalue weighted by Crippen LogP contribution is -2.40. The molecule has 0 saturated carbocycles. The maximum atomic E-state index is 11.7. The normalized spacial score (nSPS) is 29.5. The molecular formula is C12H24ClN3O. The van der Waals surface area contributed by atoms with Crippen molar-refractivity contribution in [1.29, 1.82) is 0 Å². The van der Waals surface area contributed by atoms with E-state index in [-0.39, 0.29) is 18.3 Å². The molecule has 0 aromatic carbocycles. The number of amides is 1. The summed E-state index contributed by atoms with van der Waals surface area (Å²) in [5, 5.41) is 6.44. The van der Waals surface area contributed by atoms with Gasteiger partial charge >= 0.3 is 0 Å². The minimum absolute atomic E-state index is 0. The van der Waals surface area contributed by atoms with Gasteiger partial charge in [0, 0.05) is 19.1 Å². The molecule has 2 saturated heterocycles. The number of hydrogen-bond donors (Lipinski definition) is 2. The zero-order valence-corrected chi connectivity index (χ0v) is 11.6. The number of carbonyl (C=O) groups excluding carboxylic acids is 1. The Morgan fingerprint density at radius 1 is 1.41 bits per heavy atom. The summed E-state index contributed by atoms with van der Waals surface area (Å²) in [6.45, 7) is 9.17. The van der Waals surface area contributed by atoms with Gasteiger partial charge in [0.15, 0.2) is 0 Å². The molecule has 0 aromatic heterocycles. The summed E-state index contributed by atoms with van der Waals surface area (Å²) < 4.78 is 0. The number of nitrogens with zero attached hydrogens (tertiary/aromatic N) is 1. The van der Waals surface area contributed by atoms with Gasteiger partial charge in [-0.2, -0.15) is 0 Å². The van der Waals surface area contributed by atoms with Crippen molar-refractivity contribution in [3.05, 3.63) is 0 Å². The van der Waals surface area contributed by atoms with E-state index in [1.165, 1.54) is 0 Å². The number of rotatable bonds is 4. The third-order valence-electron chi connectivity index (χ3n) is 3.85. The van der Waals surface area contributed by atoms with Gasteiger partial charge in [-0.3, -0.25) is 9.69 Å². The largest absolute Gasteiger partial charge is 0.353 e. The van der Waals surface area contributed by atoms with Gasteiger partial charge in [-0.15, -0.1) is 12.4 Å². The second-order valence-corrected chi connectivity index (χ2v) is 5.25. The van der Waals surface area contributed by atoms with Gasteiger partial charge < -0.3 is 10.6 Å². The van der Waals surface area contributed by atoms with Crippen molar-refractivity contribution in [2.24, 2.45) is 11.8 Å². The van der Waals surface area contributed by atoms with Crippen LogP contribution in [0.1, 0.15) is 20.3 Å². The van der Waals surface area contributed by atoms with Gasteiger partial charge in [0.2, 0.25) is 5.91 Å². The smallest absolute Gasteiger partial charge is 0.234 e. The predicted octanol–water partition coefficient (Wildman–Crippen LogP) is 0.474. The molecule has 2 rings (SSSR count). The molecule has 4 nitrogen and oxygen atoms in total. The van der Waals surface area contributed by atoms with Crippen molar-refractivity contribution in [2.75, 3.05) is 32.7 Å². The number of carbonyl (C=O) groups is 1. The minimum Gasteiger partial charge on any atom is -0.353 e. The van der Waals surface area contributed by atoms with Crippen molar-refractivity contribution in [3.8, 4) is 0 Å². The lowest BCUT2D eigenvalue weighted by atomic mass is 10.0. The van der Waals surface area contributed by atoms with Gasteiger partial charge in [0.25, 0.3) is 0 Å². The molecule has 17 heavy (non-hydrogen) atoms. The Morgan fingerprint density at radius 3 is 2.53 bits per heavy atom. The molecule has 0 bridgehead atoms. The summed E-state index contributed by atoms with van der Waals surface area (Å²) in [4.78, 5) is 14.0. The van der Waals surface area contributed by atoms with E-state index in [9.17, 15) is 4.79 Å². The standard InChI is InChI=1S/C12H23N3O.ClH/c1-3-9(2)14-12(16)8-15-6-10-4-13-5-11(10)7-15;/h9-11,13H,3-8H2,1-2H3,(H,14,16);1H/t9?,10-,11+;. The molecule has 0 spiro atoms. The maximum absolute atomic E-state index is 11.7. The summed E-state index contributed by atoms with van der Waals surface area (Å²) in [5.41, 5.74) is 0. The maximum Gasteiger partial charge on any atom is 0.234 e. The summed E-state index contributed by atoms with van der Waals surface area (Å²) in [7, 11) is 0. The van der Waals surface area contributed by atoms with Crippen LogP contribution in [0.2, 0.25) is 0 Å². The van der Waals surface area contributed by atoms with Crippen molar-refractivity contribution in [1.82, 2.24) is 15.5 Å². The monoisotopic (exact) mass is 261 g/mol. The van der Waals surface area contributed by atoms with E-state index in [1.807, 2.05) is 0 Å². The summed E-state index contributed by atoms with van der Waals surface area (Å²) in [6, 6.07) is 0.302. The highest BCUT2D eigenvalue weighted by molar-refractivity contribution is 5.85. The van der Waals surface area contributed by atoms with Crippen LogP contribution in [0.25, 0.3) is 0 Å². The first-order chi connectivity index (χ1) is 7.69. The molecule has 2 heterocycles. The van der Waals surface area contributed by atoms with Crippen LogP contribution in [0.3, 0.4) is 0 Å². The van der Waals surface area contributed by atoms with Crippen LogP contribution in [0.15, 0.2) is 0 Å². The Balaban J connectivity index is 0.00000144. The molecule has 1 unspecified atom stereocenters. The van der Waals surface area contributed by atoms with E-state index in [2.05, 4.69) is 29.4 Å².